The SMILES string of the molecule is CC=CCC1(C)C(C=Cc2ccc(N(CC)CC)cc2)=[N+](CCC(C)C)c2ccc3ccccc3c21. The van der Waals surface area contributed by atoms with E-state index in [9.17, 15) is 0 Å². The predicted molar refractivity (Wildman–Crippen MR) is 159 cm³/mol. The monoisotopic (exact) mass is 479 g/mol. The second-order valence-electron chi connectivity index (χ2n) is 10.6. The molecule has 0 bridgehead atoms. The van der Waals surface area contributed by atoms with Crippen LogP contribution in [0.4, 0.5) is 11.4 Å². The van der Waals surface area contributed by atoms with E-state index < -0.39 is 0 Å². The molecule has 3 aromatic rings. The summed E-state index contributed by atoms with van der Waals surface area (Å²) in [5.41, 5.74) is 6.70. The van der Waals surface area contributed by atoms with Crippen LogP contribution in [0.1, 0.15) is 65.5 Å². The first-order chi connectivity index (χ1) is 17.4. The van der Waals surface area contributed by atoms with Gasteiger partial charge in [-0.25, -0.2) is 0 Å². The molecule has 0 radical (unpaired) electrons. The maximum atomic E-state index is 2.60. The van der Waals surface area contributed by atoms with Crippen molar-refractivity contribution in [3.63, 3.8) is 0 Å². The molecule has 0 fully saturated rings. The number of allylic oxidation sites excluding steroid dienone is 3. The van der Waals surface area contributed by atoms with E-state index in [1.54, 1.807) is 0 Å². The highest BCUT2D eigenvalue weighted by atomic mass is 15.1. The third-order valence-corrected chi connectivity index (χ3v) is 7.75. The van der Waals surface area contributed by atoms with E-state index in [2.05, 4.69) is 136 Å². The van der Waals surface area contributed by atoms with Crippen molar-refractivity contribution in [2.24, 2.45) is 5.92 Å². The van der Waals surface area contributed by atoms with E-state index in [0.29, 0.717) is 5.92 Å². The summed E-state index contributed by atoms with van der Waals surface area (Å²) in [5.74, 6) is 0.661. The van der Waals surface area contributed by atoms with Crippen LogP contribution >= 0.6 is 0 Å². The highest BCUT2D eigenvalue weighted by Crippen LogP contribution is 2.46. The topological polar surface area (TPSA) is 6.25 Å². The Balaban J connectivity index is 1.83. The second kappa shape index (κ2) is 11.3. The Hall–Kier alpha value is -3.13. The molecule has 1 aliphatic heterocycles. The number of anilines is 1. The predicted octanol–water partition coefficient (Wildman–Crippen LogP) is 8.77. The number of benzene rings is 3. The van der Waals surface area contributed by atoms with Crippen LogP contribution in [0.25, 0.3) is 16.8 Å². The molecule has 0 N–H and O–H groups in total. The zero-order chi connectivity index (χ0) is 25.7. The van der Waals surface area contributed by atoms with Gasteiger partial charge in [0.05, 0.1) is 5.41 Å². The Morgan fingerprint density at radius 1 is 0.917 bits per heavy atom. The minimum Gasteiger partial charge on any atom is -0.372 e. The lowest BCUT2D eigenvalue weighted by Gasteiger charge is -2.22. The normalized spacial score (nSPS) is 17.8. The third-order valence-electron chi connectivity index (χ3n) is 7.75. The quantitative estimate of drug-likeness (QED) is 0.208. The number of rotatable bonds is 10. The van der Waals surface area contributed by atoms with Crippen LogP contribution in [0.5, 0.6) is 0 Å². The molecule has 1 unspecified atom stereocenters. The fourth-order valence-electron chi connectivity index (χ4n) is 5.64. The van der Waals surface area contributed by atoms with E-state index in [4.69, 9.17) is 0 Å². The smallest absolute Gasteiger partial charge is 0.210 e. The first-order valence-corrected chi connectivity index (χ1v) is 13.7. The Bertz CT molecular complexity index is 1270. The van der Waals surface area contributed by atoms with Crippen LogP contribution in [-0.4, -0.2) is 29.9 Å². The summed E-state index contributed by atoms with van der Waals surface area (Å²) in [4.78, 5) is 2.39. The van der Waals surface area contributed by atoms with E-state index in [1.165, 1.54) is 45.4 Å². The van der Waals surface area contributed by atoms with Crippen molar-refractivity contribution in [2.75, 3.05) is 24.5 Å². The third kappa shape index (κ3) is 5.05. The first-order valence-electron chi connectivity index (χ1n) is 13.7. The molecule has 1 atom stereocenters. The minimum absolute atomic E-state index is 0.0860. The van der Waals surface area contributed by atoms with Gasteiger partial charge in [0, 0.05) is 42.9 Å². The van der Waals surface area contributed by atoms with E-state index in [-0.39, 0.29) is 5.41 Å². The fourth-order valence-corrected chi connectivity index (χ4v) is 5.64. The lowest BCUT2D eigenvalue weighted by molar-refractivity contribution is -0.439. The molecule has 0 aliphatic carbocycles. The summed E-state index contributed by atoms with van der Waals surface area (Å²) >= 11 is 0. The van der Waals surface area contributed by atoms with Crippen molar-refractivity contribution in [1.82, 2.24) is 0 Å². The largest absolute Gasteiger partial charge is 0.372 e. The molecule has 2 heteroatoms. The molecule has 0 amide bonds. The van der Waals surface area contributed by atoms with Crippen molar-refractivity contribution in [1.29, 1.82) is 0 Å². The lowest BCUT2D eigenvalue weighted by Crippen LogP contribution is -2.31. The standard InChI is InChI=1S/C34H43N2/c1-7-10-24-34(6)32(22-17-27-15-19-29(20-16-27)35(8-2)9-3)36(25-23-26(4)5)31-21-18-28-13-11-12-14-30(28)33(31)34/h7,10-22,26H,8-9,23-25H2,1-6H3/q+1. The molecule has 0 spiro atoms. The molecule has 0 saturated heterocycles. The maximum Gasteiger partial charge on any atom is 0.210 e. The van der Waals surface area contributed by atoms with Crippen molar-refractivity contribution in [3.05, 3.63) is 90.0 Å². The molecule has 2 nitrogen and oxygen atoms in total. The van der Waals surface area contributed by atoms with Crippen molar-refractivity contribution >= 4 is 33.9 Å². The molecule has 4 rings (SSSR count). The highest BCUT2D eigenvalue weighted by molar-refractivity contribution is 6.09. The van der Waals surface area contributed by atoms with Crippen molar-refractivity contribution in [3.8, 4) is 0 Å². The van der Waals surface area contributed by atoms with E-state index in [0.717, 1.165) is 26.1 Å². The molecular formula is C34H43N2+. The minimum atomic E-state index is -0.0860. The zero-order valence-electron chi connectivity index (χ0n) is 23.1. The number of nitrogens with zero attached hydrogens (tertiary/aromatic N) is 2. The van der Waals surface area contributed by atoms with Gasteiger partial charge >= 0.3 is 0 Å². The van der Waals surface area contributed by atoms with Crippen molar-refractivity contribution < 1.29 is 4.58 Å². The molecule has 3 aromatic carbocycles. The Kier molecular flexibility index (Phi) is 8.14. The van der Waals surface area contributed by atoms with Gasteiger partial charge in [0.25, 0.3) is 0 Å². The molecule has 1 heterocycles. The molecule has 36 heavy (non-hydrogen) atoms. The van der Waals surface area contributed by atoms with Crippen LogP contribution in [0.3, 0.4) is 0 Å². The number of hydrogen-bond donors (Lipinski definition) is 0. The van der Waals surface area contributed by atoms with Gasteiger partial charge in [-0.1, -0.05) is 62.4 Å². The summed E-state index contributed by atoms with van der Waals surface area (Å²) in [5, 5.41) is 2.70. The average molecular weight is 480 g/mol. The van der Waals surface area contributed by atoms with Gasteiger partial charge in [-0.15, -0.1) is 0 Å². The van der Waals surface area contributed by atoms with Gasteiger partial charge < -0.3 is 4.90 Å². The molecule has 0 aromatic heterocycles. The number of hydrogen-bond acceptors (Lipinski definition) is 1. The Morgan fingerprint density at radius 3 is 2.31 bits per heavy atom. The Morgan fingerprint density at radius 2 is 1.64 bits per heavy atom. The van der Waals surface area contributed by atoms with Gasteiger partial charge in [-0.2, -0.15) is 4.58 Å². The maximum absolute atomic E-state index is 2.60. The van der Waals surface area contributed by atoms with Gasteiger partial charge in [-0.3, -0.25) is 0 Å². The summed E-state index contributed by atoms with van der Waals surface area (Å²) in [6, 6.07) is 22.5. The Labute approximate surface area is 218 Å². The summed E-state index contributed by atoms with van der Waals surface area (Å²) < 4.78 is 2.60. The summed E-state index contributed by atoms with van der Waals surface area (Å²) in [7, 11) is 0. The van der Waals surface area contributed by atoms with Crippen LogP contribution in [0.2, 0.25) is 0 Å². The first kappa shape index (κ1) is 25.9. The average Bonchev–Trinajstić information content (AvgIpc) is 3.14. The van der Waals surface area contributed by atoms with Gasteiger partial charge in [0.15, 0.2) is 5.71 Å². The van der Waals surface area contributed by atoms with Gasteiger partial charge in [-0.05, 0) is 80.6 Å². The highest BCUT2D eigenvalue weighted by Gasteiger charge is 2.48. The van der Waals surface area contributed by atoms with Gasteiger partial charge in [0.1, 0.15) is 6.54 Å². The second-order valence-corrected chi connectivity index (χ2v) is 10.6. The molecule has 0 saturated carbocycles. The van der Waals surface area contributed by atoms with E-state index >= 15 is 0 Å². The lowest BCUT2D eigenvalue weighted by atomic mass is 9.74. The summed E-state index contributed by atoms with van der Waals surface area (Å²) in [6.07, 6.45) is 11.4. The zero-order valence-corrected chi connectivity index (χ0v) is 23.1. The molecule has 188 valence electrons. The fraction of sp³-hybridized carbons (Fsp3) is 0.382. The van der Waals surface area contributed by atoms with E-state index in [1.807, 2.05) is 0 Å². The van der Waals surface area contributed by atoms with Crippen LogP contribution in [-0.2, 0) is 5.41 Å². The van der Waals surface area contributed by atoms with Crippen LogP contribution in [0.15, 0.2) is 78.9 Å². The molecular weight excluding hydrogens is 436 g/mol. The van der Waals surface area contributed by atoms with Crippen LogP contribution < -0.4 is 4.90 Å². The van der Waals surface area contributed by atoms with Crippen LogP contribution in [0, 0.1) is 5.92 Å². The van der Waals surface area contributed by atoms with Crippen molar-refractivity contribution in [2.45, 2.75) is 59.8 Å². The molecule has 1 aliphatic rings. The number of fused-ring (bicyclic) bond motifs is 3. The summed E-state index contributed by atoms with van der Waals surface area (Å²) in [6.45, 7) is 16.7. The van der Waals surface area contributed by atoms with Gasteiger partial charge in [0.2, 0.25) is 5.69 Å².